The highest BCUT2D eigenvalue weighted by atomic mass is 16.6. The Balaban J connectivity index is 2.12. The topological polar surface area (TPSA) is 63.7 Å². The number of benzene rings is 1. The zero-order chi connectivity index (χ0) is 17.3. The number of ether oxygens (including phenoxy) is 2. The van der Waals surface area contributed by atoms with Crippen molar-refractivity contribution in [2.45, 2.75) is 32.9 Å². The van der Waals surface area contributed by atoms with Gasteiger partial charge in [0.1, 0.15) is 17.2 Å². The van der Waals surface area contributed by atoms with E-state index < -0.39 is 11.7 Å². The molecule has 1 aromatic heterocycles. The highest BCUT2D eigenvalue weighted by molar-refractivity contribution is 6.00. The number of nitrogens with zero attached hydrogens (tertiary/aromatic N) is 2. The molecular weight excluding hydrogens is 306 g/mol. The number of amides is 1. The average molecular weight is 327 g/mol. The first-order valence-electron chi connectivity index (χ1n) is 7.78. The smallest absolute Gasteiger partial charge is 0.420 e. The summed E-state index contributed by atoms with van der Waals surface area (Å²) in [5, 5.41) is 3.33. The second-order valence-corrected chi connectivity index (χ2v) is 6.54. The van der Waals surface area contributed by atoms with Gasteiger partial charge in [0.25, 0.3) is 0 Å². The first-order chi connectivity index (χ1) is 11.4. The summed E-state index contributed by atoms with van der Waals surface area (Å²) in [7, 11) is 1.61. The summed E-state index contributed by atoms with van der Waals surface area (Å²) in [5.74, 6) is 1.28. The molecule has 1 amide bonds. The maximum atomic E-state index is 12.9. The van der Waals surface area contributed by atoms with Gasteiger partial charge in [0.2, 0.25) is 0 Å². The van der Waals surface area contributed by atoms with Gasteiger partial charge in [-0.15, -0.1) is 0 Å². The molecule has 0 saturated carbocycles. The van der Waals surface area contributed by atoms with Crippen molar-refractivity contribution in [2.24, 2.45) is 0 Å². The van der Waals surface area contributed by atoms with Crippen LogP contribution in [0, 0.1) is 0 Å². The molecule has 1 N–H and O–H groups in total. The molecule has 0 bridgehead atoms. The number of carbonyl (C=O) groups excluding carboxylic acids is 1. The van der Waals surface area contributed by atoms with Crippen LogP contribution in [0.3, 0.4) is 0 Å². The van der Waals surface area contributed by atoms with Crippen LogP contribution in [0.1, 0.15) is 26.3 Å². The van der Waals surface area contributed by atoms with E-state index in [1.165, 1.54) is 4.90 Å². The maximum Gasteiger partial charge on any atom is 0.420 e. The summed E-state index contributed by atoms with van der Waals surface area (Å²) in [6.45, 7) is 6.09. The van der Waals surface area contributed by atoms with Crippen molar-refractivity contribution in [3.8, 4) is 5.75 Å². The Morgan fingerprint density at radius 1 is 1.29 bits per heavy atom. The van der Waals surface area contributed by atoms with E-state index in [0.29, 0.717) is 23.8 Å². The number of anilines is 3. The van der Waals surface area contributed by atoms with Gasteiger partial charge < -0.3 is 14.8 Å². The van der Waals surface area contributed by atoms with Crippen LogP contribution in [0.5, 0.6) is 5.75 Å². The molecular formula is C18H21N3O3. The minimum atomic E-state index is -0.599. The molecule has 6 heteroatoms. The Hall–Kier alpha value is -2.76. The van der Waals surface area contributed by atoms with Crippen molar-refractivity contribution in [3.05, 3.63) is 42.1 Å². The summed E-state index contributed by atoms with van der Waals surface area (Å²) in [4.78, 5) is 18.8. The highest BCUT2D eigenvalue weighted by Gasteiger charge is 2.31. The third-order valence-corrected chi connectivity index (χ3v) is 3.57. The number of hydrogen-bond acceptors (Lipinski definition) is 5. The molecule has 6 nitrogen and oxygen atoms in total. The number of aromatic nitrogens is 1. The molecule has 0 aliphatic carbocycles. The van der Waals surface area contributed by atoms with E-state index in [1.54, 1.807) is 13.3 Å². The number of carbonyl (C=O) groups is 1. The first-order valence-corrected chi connectivity index (χ1v) is 7.78. The molecule has 1 aliphatic rings. The van der Waals surface area contributed by atoms with E-state index in [4.69, 9.17) is 9.47 Å². The molecule has 0 fully saturated rings. The third-order valence-electron chi connectivity index (χ3n) is 3.57. The molecule has 126 valence electrons. The Morgan fingerprint density at radius 2 is 2.08 bits per heavy atom. The molecule has 1 aliphatic heterocycles. The van der Waals surface area contributed by atoms with Crippen molar-refractivity contribution in [1.82, 2.24) is 4.98 Å². The van der Waals surface area contributed by atoms with Crippen molar-refractivity contribution < 1.29 is 14.3 Å². The van der Waals surface area contributed by atoms with Gasteiger partial charge in [-0.25, -0.2) is 14.7 Å². The van der Waals surface area contributed by atoms with Gasteiger partial charge in [0.15, 0.2) is 0 Å². The molecule has 1 aromatic carbocycles. The fourth-order valence-electron chi connectivity index (χ4n) is 2.55. The number of hydrogen-bond donors (Lipinski definition) is 1. The van der Waals surface area contributed by atoms with E-state index in [0.717, 1.165) is 11.3 Å². The van der Waals surface area contributed by atoms with Crippen molar-refractivity contribution in [3.63, 3.8) is 0 Å². The van der Waals surface area contributed by atoms with Crippen LogP contribution in [-0.4, -0.2) is 23.8 Å². The van der Waals surface area contributed by atoms with E-state index in [2.05, 4.69) is 10.3 Å². The predicted octanol–water partition coefficient (Wildman–Crippen LogP) is 4.09. The highest BCUT2D eigenvalue weighted by Crippen LogP contribution is 2.39. The lowest BCUT2D eigenvalue weighted by Gasteiger charge is -2.27. The largest absolute Gasteiger partial charge is 0.497 e. The monoisotopic (exact) mass is 327 g/mol. The van der Waals surface area contributed by atoms with Gasteiger partial charge in [-0.05, 0) is 39.0 Å². The molecule has 0 unspecified atom stereocenters. The van der Waals surface area contributed by atoms with Crippen molar-refractivity contribution >= 4 is 23.3 Å². The van der Waals surface area contributed by atoms with Crippen molar-refractivity contribution in [1.29, 1.82) is 0 Å². The van der Waals surface area contributed by atoms with Crippen LogP contribution in [0.4, 0.5) is 22.0 Å². The second kappa shape index (κ2) is 6.03. The molecule has 24 heavy (non-hydrogen) atoms. The van der Waals surface area contributed by atoms with Gasteiger partial charge in [-0.2, -0.15) is 0 Å². The fraction of sp³-hybridized carbons (Fsp3) is 0.333. The van der Waals surface area contributed by atoms with Gasteiger partial charge in [-0.3, -0.25) is 0 Å². The van der Waals surface area contributed by atoms with E-state index in [9.17, 15) is 4.79 Å². The minimum Gasteiger partial charge on any atom is -0.497 e. The van der Waals surface area contributed by atoms with E-state index in [-0.39, 0.29) is 0 Å². The number of nitrogens with one attached hydrogen (secondary N) is 1. The summed E-state index contributed by atoms with van der Waals surface area (Å²) in [6, 6.07) is 9.29. The van der Waals surface area contributed by atoms with Crippen LogP contribution in [0.2, 0.25) is 0 Å². The number of rotatable bonds is 1. The molecule has 0 saturated heterocycles. The lowest BCUT2D eigenvalue weighted by atomic mass is 10.2. The zero-order valence-electron chi connectivity index (χ0n) is 14.3. The molecule has 0 atom stereocenters. The standard InChI is InChI=1S/C18H21N3O3/c1-18(2,3)24-17(22)21-15-8-7-13(23-4)10-14(15)20-11-12-6-5-9-19-16(12)21/h5-10,20H,11H2,1-4H3. The molecule has 3 rings (SSSR count). The summed E-state index contributed by atoms with van der Waals surface area (Å²) in [6.07, 6.45) is 1.21. The predicted molar refractivity (Wildman–Crippen MR) is 92.9 cm³/mol. The normalized spacial score (nSPS) is 13.2. The van der Waals surface area contributed by atoms with Crippen molar-refractivity contribution in [2.75, 3.05) is 17.3 Å². The second-order valence-electron chi connectivity index (χ2n) is 6.54. The van der Waals surface area contributed by atoms with E-state index in [1.807, 2.05) is 51.1 Å². The van der Waals surface area contributed by atoms with Crippen LogP contribution >= 0.6 is 0 Å². The van der Waals surface area contributed by atoms with Gasteiger partial charge in [0.05, 0.1) is 18.5 Å². The Kier molecular flexibility index (Phi) is 4.05. The van der Waals surface area contributed by atoms with Gasteiger partial charge in [-0.1, -0.05) is 6.07 Å². The Morgan fingerprint density at radius 3 is 2.79 bits per heavy atom. The molecule has 0 radical (unpaired) electrons. The lowest BCUT2D eigenvalue weighted by Crippen LogP contribution is -2.34. The van der Waals surface area contributed by atoms with Crippen LogP contribution in [0.15, 0.2) is 36.5 Å². The lowest BCUT2D eigenvalue weighted by molar-refractivity contribution is 0.0598. The Labute approximate surface area is 141 Å². The van der Waals surface area contributed by atoms with E-state index >= 15 is 0 Å². The SMILES string of the molecule is COc1ccc2c(c1)NCc1cccnc1N2C(=O)OC(C)(C)C. The van der Waals surface area contributed by atoms with Gasteiger partial charge in [0, 0.05) is 24.4 Å². The van der Waals surface area contributed by atoms with Crippen LogP contribution < -0.4 is 15.0 Å². The Bertz CT molecular complexity index is 768. The fourth-order valence-corrected chi connectivity index (χ4v) is 2.55. The van der Waals surface area contributed by atoms with Gasteiger partial charge >= 0.3 is 6.09 Å². The van der Waals surface area contributed by atoms with Crippen LogP contribution in [0.25, 0.3) is 0 Å². The van der Waals surface area contributed by atoms with Crippen LogP contribution in [-0.2, 0) is 11.3 Å². The summed E-state index contributed by atoms with van der Waals surface area (Å²) < 4.78 is 10.9. The average Bonchev–Trinajstić information content (AvgIpc) is 2.69. The number of methoxy groups -OCH3 is 1. The zero-order valence-corrected chi connectivity index (χ0v) is 14.3. The summed E-state index contributed by atoms with van der Waals surface area (Å²) >= 11 is 0. The summed E-state index contributed by atoms with van der Waals surface area (Å²) in [5.41, 5.74) is 1.79. The number of fused-ring (bicyclic) bond motifs is 2. The molecule has 2 heterocycles. The number of pyridine rings is 1. The third kappa shape index (κ3) is 3.13. The first kappa shape index (κ1) is 16.1. The minimum absolute atomic E-state index is 0.461. The quantitative estimate of drug-likeness (QED) is 0.854. The maximum absolute atomic E-state index is 12.9. The molecule has 2 aromatic rings. The molecule has 0 spiro atoms.